The van der Waals surface area contributed by atoms with E-state index in [4.69, 9.17) is 9.97 Å². The van der Waals surface area contributed by atoms with Gasteiger partial charge in [-0.05, 0) is 132 Å². The van der Waals surface area contributed by atoms with Crippen LogP contribution in [-0.4, -0.2) is 49.8 Å². The van der Waals surface area contributed by atoms with E-state index in [1.807, 2.05) is 194 Å². The van der Waals surface area contributed by atoms with E-state index in [0.29, 0.717) is 0 Å². The van der Waals surface area contributed by atoms with Gasteiger partial charge in [0.2, 0.25) is 0 Å². The fraction of sp³-hybridized carbons (Fsp3) is 0. The van der Waals surface area contributed by atoms with Crippen molar-refractivity contribution in [2.24, 2.45) is 0 Å². The van der Waals surface area contributed by atoms with E-state index in [-0.39, 0.29) is 39.0 Å². The number of aromatic nitrogens is 10. The topological polar surface area (TPSA) is 129 Å². The fourth-order valence-corrected chi connectivity index (χ4v) is 7.57. The summed E-state index contributed by atoms with van der Waals surface area (Å²) in [6, 6.07) is 77.0. The quantitative estimate of drug-likeness (QED) is 0.0596. The molecular weight excluding hydrogens is 1380 g/mol. The maximum absolute atomic E-state index is 10.7. The summed E-state index contributed by atoms with van der Waals surface area (Å²) in [7, 11) is -21.3. The van der Waals surface area contributed by atoms with Crippen molar-refractivity contribution >= 4 is 15.6 Å². The molecule has 0 fully saturated rings. The van der Waals surface area contributed by atoms with Gasteiger partial charge in [0.25, 0.3) is 0 Å². The van der Waals surface area contributed by atoms with Crippen LogP contribution in [0.5, 0.6) is 0 Å². The van der Waals surface area contributed by atoms with Crippen molar-refractivity contribution in [1.29, 1.82) is 0 Å². The zero-order valence-electron chi connectivity index (χ0n) is 44.9. The van der Waals surface area contributed by atoms with Crippen LogP contribution >= 0.6 is 15.6 Å². The molecule has 0 aliphatic rings. The summed E-state index contributed by atoms with van der Waals surface area (Å²) in [4.78, 5) is 45.8. The van der Waals surface area contributed by atoms with E-state index in [1.165, 1.54) is 0 Å². The summed E-state index contributed by atoms with van der Waals surface area (Å²) in [5.74, 6) is 0. The van der Waals surface area contributed by atoms with Crippen LogP contribution in [0.4, 0.5) is 50.4 Å². The molecule has 0 aliphatic heterocycles. The third kappa shape index (κ3) is 24.5. The Hall–Kier alpha value is -8.79. The predicted octanol–water partition coefficient (Wildman–Crippen LogP) is 20.4. The number of halogens is 12. The van der Waals surface area contributed by atoms with Crippen molar-refractivity contribution in [3.63, 3.8) is 0 Å². The van der Waals surface area contributed by atoms with Crippen LogP contribution in [0.1, 0.15) is 0 Å². The largest absolute Gasteiger partial charge is 2.00 e. The standard InChI is InChI=1S/C30H20N6.2C16H11N2.2F6P.2Ru/c1-5-13-31-23(9-1)27-17-21(18-28(35-27)24-10-2-6-14-32-24)22-19-29(25-11-3-7-15-33-25)36-30(20-22)26-12-4-8-16-34-26;2*1-2-7-13(8-3-1)14-10-6-11-16(18-14)15-9-4-5-12-17-15;2*1-7(2,3,4,5)6;;/h1-20H;2*1-7,9-12H;;;;/q;4*-1;2*+2. The summed E-state index contributed by atoms with van der Waals surface area (Å²) in [5.41, 5.74) is 15.5. The molecule has 0 aliphatic carbocycles. The normalized spacial score (nSPS) is 12.3. The van der Waals surface area contributed by atoms with E-state index < -0.39 is 15.6 Å². The SMILES string of the molecule is F[P-](F)(F)(F)(F)F.F[P-](F)(F)(F)(F)F.[Ru+2].[Ru+2].[c-]1ccccc1-c1cccc(-c2ccccn2)n1.[c-]1ccccc1-c1cccc(-c2ccccn2)n1.c1ccc(-c2cc(-c3cc(-c4ccccn4)nc(-c4ccccn4)c3)cc(-c3ccccn3)n2)nc1. The van der Waals surface area contributed by atoms with Crippen molar-refractivity contribution in [1.82, 2.24) is 49.8 Å². The first-order chi connectivity index (χ1) is 40.6. The van der Waals surface area contributed by atoms with Gasteiger partial charge in [-0.2, -0.15) is 0 Å². The molecule has 0 atom stereocenters. The van der Waals surface area contributed by atoms with Gasteiger partial charge in [-0.15, -0.1) is 71.8 Å². The number of rotatable bonds is 9. The van der Waals surface area contributed by atoms with Gasteiger partial charge >= 0.3 is 105 Å². The van der Waals surface area contributed by atoms with E-state index in [1.54, 1.807) is 37.2 Å². The number of hydrogen-bond donors (Lipinski definition) is 0. The van der Waals surface area contributed by atoms with E-state index >= 15 is 0 Å². The van der Waals surface area contributed by atoms with Crippen LogP contribution in [0.2, 0.25) is 0 Å². The Balaban J connectivity index is 0.000000200. The predicted molar refractivity (Wildman–Crippen MR) is 311 cm³/mol. The zero-order chi connectivity index (χ0) is 61.4. The molecule has 26 heteroatoms. The molecule has 0 saturated heterocycles. The van der Waals surface area contributed by atoms with E-state index in [2.05, 4.69) is 76.3 Å². The minimum absolute atomic E-state index is 0. The van der Waals surface area contributed by atoms with Gasteiger partial charge < -0.3 is 0 Å². The van der Waals surface area contributed by atoms with Crippen molar-refractivity contribution < 1.29 is 89.3 Å². The van der Waals surface area contributed by atoms with Crippen LogP contribution in [-0.2, 0) is 39.0 Å². The molecule has 0 spiro atoms. The Morgan fingerprint density at radius 3 is 0.648 bits per heavy atom. The average molecular weight is 1420 g/mol. The van der Waals surface area contributed by atoms with Crippen molar-refractivity contribution in [3.05, 3.63) is 268 Å². The Morgan fingerprint density at radius 2 is 0.432 bits per heavy atom. The van der Waals surface area contributed by atoms with E-state index in [9.17, 15) is 50.4 Å². The van der Waals surface area contributed by atoms with E-state index in [0.717, 1.165) is 102 Å². The summed E-state index contributed by atoms with van der Waals surface area (Å²) in [6.07, 6.45) is 10.6. The third-order valence-corrected chi connectivity index (χ3v) is 11.0. The van der Waals surface area contributed by atoms with Gasteiger partial charge in [-0.3, -0.25) is 39.9 Å². The molecule has 0 saturated carbocycles. The molecule has 0 unspecified atom stereocenters. The molecule has 12 aromatic rings. The molecule has 450 valence electrons. The first-order valence-corrected chi connectivity index (χ1v) is 29.2. The smallest absolute Gasteiger partial charge is 0.295 e. The number of nitrogens with zero attached hydrogens (tertiary/aromatic N) is 10. The maximum Gasteiger partial charge on any atom is 2.00 e. The average Bonchev–Trinajstić information content (AvgIpc) is 1.96. The molecule has 0 amide bonds. The Labute approximate surface area is 521 Å². The first kappa shape index (κ1) is 68.3. The second kappa shape index (κ2) is 27.9. The molecule has 10 heterocycles. The van der Waals surface area contributed by atoms with Gasteiger partial charge in [0.1, 0.15) is 0 Å². The Kier molecular flexibility index (Phi) is 21.7. The molecule has 88 heavy (non-hydrogen) atoms. The monoisotopic (exact) mass is 1420 g/mol. The Morgan fingerprint density at radius 1 is 0.227 bits per heavy atom. The summed E-state index contributed by atoms with van der Waals surface area (Å²) in [6.45, 7) is 0. The van der Waals surface area contributed by atoms with Crippen molar-refractivity contribution in [3.8, 4) is 102 Å². The Bertz CT molecular complexity index is 3630. The van der Waals surface area contributed by atoms with Crippen molar-refractivity contribution in [2.45, 2.75) is 0 Å². The second-order valence-corrected chi connectivity index (χ2v) is 21.7. The van der Waals surface area contributed by atoms with Gasteiger partial charge in [0.15, 0.2) is 0 Å². The van der Waals surface area contributed by atoms with Gasteiger partial charge in [0, 0.05) is 37.2 Å². The molecule has 0 radical (unpaired) electrons. The molecule has 0 N–H and O–H groups in total. The van der Waals surface area contributed by atoms with Crippen LogP contribution in [0.25, 0.3) is 102 Å². The number of pyridine rings is 10. The molecule has 12 rings (SSSR count). The molecule has 10 aromatic heterocycles. The molecule has 10 nitrogen and oxygen atoms in total. The molecule has 2 aromatic carbocycles. The first-order valence-electron chi connectivity index (χ1n) is 25.1. The maximum atomic E-state index is 9.87. The summed E-state index contributed by atoms with van der Waals surface area (Å²) >= 11 is 0. The van der Waals surface area contributed by atoms with Crippen LogP contribution in [0, 0.1) is 12.1 Å². The van der Waals surface area contributed by atoms with Gasteiger partial charge in [-0.25, -0.2) is 9.97 Å². The molecule has 0 bridgehead atoms. The summed E-state index contributed by atoms with van der Waals surface area (Å²) < 4.78 is 118. The molecular formula is C62H42F12N10P2Ru2. The van der Waals surface area contributed by atoms with Crippen LogP contribution < -0.4 is 0 Å². The zero-order valence-corrected chi connectivity index (χ0v) is 50.1. The van der Waals surface area contributed by atoms with Crippen molar-refractivity contribution in [2.75, 3.05) is 0 Å². The third-order valence-electron chi connectivity index (χ3n) is 11.0. The second-order valence-electron chi connectivity index (χ2n) is 17.8. The van der Waals surface area contributed by atoms with Gasteiger partial charge in [0.05, 0.1) is 68.3 Å². The number of hydrogen-bond acceptors (Lipinski definition) is 10. The summed E-state index contributed by atoms with van der Waals surface area (Å²) in [5, 5.41) is 0. The van der Waals surface area contributed by atoms with Crippen LogP contribution in [0.3, 0.4) is 0 Å². The van der Waals surface area contributed by atoms with Gasteiger partial charge in [-0.1, -0.05) is 60.7 Å². The minimum atomic E-state index is -10.7. The number of benzene rings is 2. The van der Waals surface area contributed by atoms with Crippen LogP contribution in [0.15, 0.2) is 256 Å². The minimum Gasteiger partial charge on any atom is -0.295 e. The fourth-order valence-electron chi connectivity index (χ4n) is 7.57.